The van der Waals surface area contributed by atoms with Crippen LogP contribution < -0.4 is 0 Å². The number of likely N-dealkylation sites (tertiary alicyclic amines) is 2. The van der Waals surface area contributed by atoms with Crippen molar-refractivity contribution in [1.82, 2.24) is 9.80 Å². The Balaban J connectivity index is 1.54. The van der Waals surface area contributed by atoms with E-state index in [4.69, 9.17) is 9.47 Å². The predicted octanol–water partition coefficient (Wildman–Crippen LogP) is 2.05. The van der Waals surface area contributed by atoms with E-state index in [0.29, 0.717) is 18.7 Å². The van der Waals surface area contributed by atoms with Crippen molar-refractivity contribution in [3.05, 3.63) is 0 Å². The molecule has 0 spiro atoms. The highest BCUT2D eigenvalue weighted by atomic mass is 16.5. The van der Waals surface area contributed by atoms with Crippen molar-refractivity contribution in [1.29, 1.82) is 0 Å². The van der Waals surface area contributed by atoms with Crippen LogP contribution in [0.15, 0.2) is 0 Å². The topological polar surface area (TPSA) is 42.0 Å². The van der Waals surface area contributed by atoms with Gasteiger partial charge in [0.1, 0.15) is 6.10 Å². The average Bonchev–Trinajstić information content (AvgIpc) is 3.31. The van der Waals surface area contributed by atoms with Gasteiger partial charge in [-0.3, -0.25) is 9.69 Å². The van der Waals surface area contributed by atoms with Crippen LogP contribution >= 0.6 is 0 Å². The second-order valence-corrected chi connectivity index (χ2v) is 7.19. The molecule has 3 fully saturated rings. The van der Waals surface area contributed by atoms with Gasteiger partial charge in [0.05, 0.1) is 12.7 Å². The molecule has 3 rings (SSSR count). The highest BCUT2D eigenvalue weighted by Gasteiger charge is 2.40. The zero-order valence-corrected chi connectivity index (χ0v) is 14.7. The van der Waals surface area contributed by atoms with Crippen molar-refractivity contribution < 1.29 is 14.3 Å². The molecule has 3 heterocycles. The third-order valence-corrected chi connectivity index (χ3v) is 5.75. The fourth-order valence-corrected chi connectivity index (χ4v) is 4.48. The minimum absolute atomic E-state index is 0.174. The highest BCUT2D eigenvalue weighted by Crippen LogP contribution is 2.30. The van der Waals surface area contributed by atoms with E-state index >= 15 is 0 Å². The van der Waals surface area contributed by atoms with Crippen LogP contribution in [-0.2, 0) is 14.3 Å². The van der Waals surface area contributed by atoms with E-state index in [0.717, 1.165) is 45.4 Å². The van der Waals surface area contributed by atoms with Crippen LogP contribution in [0, 0.1) is 0 Å². The third-order valence-electron chi connectivity index (χ3n) is 5.75. The number of hydrogen-bond donors (Lipinski definition) is 0. The van der Waals surface area contributed by atoms with Gasteiger partial charge in [-0.25, -0.2) is 0 Å². The minimum Gasteiger partial charge on any atom is -0.376 e. The molecule has 3 saturated heterocycles. The van der Waals surface area contributed by atoms with Crippen LogP contribution in [0.1, 0.15) is 52.4 Å². The Kier molecular flexibility index (Phi) is 5.94. The molecule has 3 aliphatic heterocycles. The second kappa shape index (κ2) is 7.95. The molecule has 0 aromatic rings. The van der Waals surface area contributed by atoms with E-state index < -0.39 is 0 Å². The van der Waals surface area contributed by atoms with E-state index in [1.165, 1.54) is 19.4 Å². The summed E-state index contributed by atoms with van der Waals surface area (Å²) in [5.74, 6) is 0.174. The number of carbonyl (C=O) groups excluding carboxylic acids is 1. The summed E-state index contributed by atoms with van der Waals surface area (Å²) in [5.41, 5.74) is 0. The molecule has 0 saturated carbocycles. The van der Waals surface area contributed by atoms with Crippen molar-refractivity contribution in [3.63, 3.8) is 0 Å². The lowest BCUT2D eigenvalue weighted by Gasteiger charge is -2.35. The van der Waals surface area contributed by atoms with E-state index in [-0.39, 0.29) is 18.1 Å². The Morgan fingerprint density at radius 3 is 2.70 bits per heavy atom. The summed E-state index contributed by atoms with van der Waals surface area (Å²) in [6, 6.07) is 0.940. The smallest absolute Gasteiger partial charge is 0.251 e. The molecule has 5 nitrogen and oxygen atoms in total. The van der Waals surface area contributed by atoms with E-state index in [1.54, 1.807) is 0 Å². The first-order valence-corrected chi connectivity index (χ1v) is 9.48. The van der Waals surface area contributed by atoms with Crippen molar-refractivity contribution in [3.8, 4) is 0 Å². The molecular weight excluding hydrogens is 292 g/mol. The van der Waals surface area contributed by atoms with Gasteiger partial charge < -0.3 is 14.4 Å². The Morgan fingerprint density at radius 2 is 1.96 bits per heavy atom. The van der Waals surface area contributed by atoms with Crippen molar-refractivity contribution >= 4 is 5.91 Å². The molecule has 132 valence electrons. The van der Waals surface area contributed by atoms with E-state index in [1.807, 2.05) is 6.92 Å². The van der Waals surface area contributed by atoms with Gasteiger partial charge in [0.15, 0.2) is 0 Å². The lowest BCUT2D eigenvalue weighted by Crippen LogP contribution is -2.51. The molecule has 0 radical (unpaired) electrons. The second-order valence-electron chi connectivity index (χ2n) is 7.19. The molecule has 0 aromatic heterocycles. The number of rotatable bonds is 6. The van der Waals surface area contributed by atoms with Crippen molar-refractivity contribution in [2.45, 2.75) is 76.7 Å². The standard InChI is InChI=1S/C18H32N2O3/c1-3-19-10-4-8-16(19)17-9-5-11-20(17)18(21)14(2)23-13-15-7-6-12-22-15/h14-17H,3-13H2,1-2H3/t14-,15+,16-,17+/m1/s1. The van der Waals surface area contributed by atoms with Crippen LogP contribution in [0.25, 0.3) is 0 Å². The number of ether oxygens (including phenoxy) is 2. The van der Waals surface area contributed by atoms with Crippen molar-refractivity contribution in [2.24, 2.45) is 0 Å². The average molecular weight is 324 g/mol. The number of nitrogens with zero attached hydrogens (tertiary/aromatic N) is 2. The molecule has 0 N–H and O–H groups in total. The van der Waals surface area contributed by atoms with Gasteiger partial charge in [0.25, 0.3) is 5.91 Å². The third kappa shape index (κ3) is 3.89. The molecule has 4 atom stereocenters. The van der Waals surface area contributed by atoms with Gasteiger partial charge in [0.2, 0.25) is 0 Å². The Bertz CT molecular complexity index is 398. The maximum Gasteiger partial charge on any atom is 0.251 e. The van der Waals surface area contributed by atoms with Gasteiger partial charge in [-0.05, 0) is 58.5 Å². The van der Waals surface area contributed by atoms with Gasteiger partial charge in [-0.2, -0.15) is 0 Å². The predicted molar refractivity (Wildman–Crippen MR) is 89.4 cm³/mol. The molecule has 23 heavy (non-hydrogen) atoms. The summed E-state index contributed by atoms with van der Waals surface area (Å²) in [4.78, 5) is 17.5. The summed E-state index contributed by atoms with van der Waals surface area (Å²) in [5, 5.41) is 0. The van der Waals surface area contributed by atoms with Crippen LogP contribution in [0.2, 0.25) is 0 Å². The molecule has 0 aromatic carbocycles. The number of hydrogen-bond acceptors (Lipinski definition) is 4. The number of likely N-dealkylation sites (N-methyl/N-ethyl adjacent to an activating group) is 1. The summed E-state index contributed by atoms with van der Waals surface area (Å²) < 4.78 is 11.4. The molecule has 0 unspecified atom stereocenters. The fraction of sp³-hybridized carbons (Fsp3) is 0.944. The maximum atomic E-state index is 12.9. The van der Waals surface area contributed by atoms with Gasteiger partial charge in [-0.15, -0.1) is 0 Å². The van der Waals surface area contributed by atoms with Gasteiger partial charge in [-0.1, -0.05) is 6.92 Å². The monoisotopic (exact) mass is 324 g/mol. The summed E-state index contributed by atoms with van der Waals surface area (Å²) in [6.07, 6.45) is 6.77. The molecule has 5 heteroatoms. The minimum atomic E-state index is -0.351. The fourth-order valence-electron chi connectivity index (χ4n) is 4.48. The summed E-state index contributed by atoms with van der Waals surface area (Å²) in [6.45, 7) is 8.69. The lowest BCUT2D eigenvalue weighted by molar-refractivity contribution is -0.146. The maximum absolute atomic E-state index is 12.9. The zero-order valence-electron chi connectivity index (χ0n) is 14.7. The largest absolute Gasteiger partial charge is 0.376 e. The first kappa shape index (κ1) is 17.2. The van der Waals surface area contributed by atoms with E-state index in [2.05, 4.69) is 16.7 Å². The molecule has 3 aliphatic rings. The molecule has 0 aliphatic carbocycles. The van der Waals surface area contributed by atoms with Crippen LogP contribution in [0.3, 0.4) is 0 Å². The lowest BCUT2D eigenvalue weighted by atomic mass is 10.0. The number of amides is 1. The molecule has 0 bridgehead atoms. The number of carbonyl (C=O) groups is 1. The molecular formula is C18H32N2O3. The van der Waals surface area contributed by atoms with Crippen LogP contribution in [0.4, 0.5) is 0 Å². The highest BCUT2D eigenvalue weighted by molar-refractivity contribution is 5.81. The van der Waals surface area contributed by atoms with Gasteiger partial charge in [0, 0.05) is 25.2 Å². The quantitative estimate of drug-likeness (QED) is 0.750. The van der Waals surface area contributed by atoms with Crippen molar-refractivity contribution in [2.75, 3.05) is 32.8 Å². The zero-order chi connectivity index (χ0) is 16.2. The SMILES string of the molecule is CCN1CCC[C@@H]1[C@@H]1CCCN1C(=O)[C@@H](C)OC[C@@H]1CCCO1. The first-order chi connectivity index (χ1) is 11.2. The van der Waals surface area contributed by atoms with E-state index in [9.17, 15) is 4.79 Å². The summed E-state index contributed by atoms with van der Waals surface area (Å²) >= 11 is 0. The van der Waals surface area contributed by atoms with Gasteiger partial charge >= 0.3 is 0 Å². The molecule has 1 amide bonds. The summed E-state index contributed by atoms with van der Waals surface area (Å²) in [7, 11) is 0. The Hall–Kier alpha value is -0.650. The normalized spacial score (nSPS) is 33.5. The Morgan fingerprint density at radius 1 is 1.17 bits per heavy atom. The van der Waals surface area contributed by atoms with Crippen LogP contribution in [0.5, 0.6) is 0 Å². The Labute approximate surface area is 140 Å². The van der Waals surface area contributed by atoms with Crippen LogP contribution in [-0.4, -0.2) is 72.8 Å². The first-order valence-electron chi connectivity index (χ1n) is 9.48.